The molecule has 0 radical (unpaired) electrons. The number of nitrogens with zero attached hydrogens (tertiary/aromatic N) is 1. The molecule has 1 aromatic heterocycles. The summed E-state index contributed by atoms with van der Waals surface area (Å²) in [6, 6.07) is 15.9. The second-order valence-corrected chi connectivity index (χ2v) is 8.30. The fraction of sp³-hybridized carbons (Fsp3) is 0.200. The van der Waals surface area contributed by atoms with Crippen LogP contribution in [0.5, 0.6) is 0 Å². The molecule has 25 heavy (non-hydrogen) atoms. The maximum Gasteiger partial charge on any atom is 0.256 e. The molecule has 5 heteroatoms. The number of nitrogens with one attached hydrogen (secondary N) is 1. The largest absolute Gasteiger partial charge is 0.312 e. The molecular formula is C20H20N2OS2. The molecular weight excluding hydrogens is 348 g/mol. The predicted octanol–water partition coefficient (Wildman–Crippen LogP) is 5.79. The van der Waals surface area contributed by atoms with E-state index in [0.717, 1.165) is 37.5 Å². The number of anilines is 1. The highest BCUT2D eigenvalue weighted by atomic mass is 32.2. The standard InChI is InChI=1S/C20H20N2OS2/c1-4-24-20-21-17(15-8-6-5-7-9-15)19(25-20)22-18(23)16-11-13(2)10-14(3)12-16/h5-12H,4H2,1-3H3,(H,22,23). The van der Waals surface area contributed by atoms with E-state index in [1.807, 2.05) is 56.3 Å². The van der Waals surface area contributed by atoms with Crippen LogP contribution in [0.25, 0.3) is 11.3 Å². The molecule has 0 aliphatic carbocycles. The van der Waals surface area contributed by atoms with Gasteiger partial charge in [-0.2, -0.15) is 0 Å². The lowest BCUT2D eigenvalue weighted by Gasteiger charge is -2.07. The molecule has 3 aromatic rings. The number of thiazole rings is 1. The third-order valence-corrected chi connectivity index (χ3v) is 5.63. The third-order valence-electron chi connectivity index (χ3n) is 3.63. The number of carbonyl (C=O) groups is 1. The lowest BCUT2D eigenvalue weighted by molar-refractivity contribution is 0.102. The van der Waals surface area contributed by atoms with E-state index in [1.165, 1.54) is 11.3 Å². The first-order valence-electron chi connectivity index (χ1n) is 8.15. The van der Waals surface area contributed by atoms with Crippen LogP contribution in [0, 0.1) is 13.8 Å². The SMILES string of the molecule is CCSc1nc(-c2ccccc2)c(NC(=O)c2cc(C)cc(C)c2)s1. The zero-order chi connectivity index (χ0) is 17.8. The summed E-state index contributed by atoms with van der Waals surface area (Å²) in [7, 11) is 0. The fourth-order valence-corrected chi connectivity index (χ4v) is 4.60. The van der Waals surface area contributed by atoms with Gasteiger partial charge in [-0.1, -0.05) is 77.5 Å². The van der Waals surface area contributed by atoms with Gasteiger partial charge >= 0.3 is 0 Å². The Morgan fingerprint density at radius 3 is 2.44 bits per heavy atom. The topological polar surface area (TPSA) is 42.0 Å². The quantitative estimate of drug-likeness (QED) is 0.579. The normalized spacial score (nSPS) is 10.7. The maximum absolute atomic E-state index is 12.7. The van der Waals surface area contributed by atoms with Crippen molar-refractivity contribution in [2.45, 2.75) is 25.1 Å². The first kappa shape index (κ1) is 17.7. The Morgan fingerprint density at radius 2 is 1.80 bits per heavy atom. The number of thioether (sulfide) groups is 1. The third kappa shape index (κ3) is 4.30. The molecule has 3 rings (SSSR count). The Kier molecular flexibility index (Phi) is 5.56. The highest BCUT2D eigenvalue weighted by Gasteiger charge is 2.16. The van der Waals surface area contributed by atoms with Crippen LogP contribution < -0.4 is 5.32 Å². The molecule has 1 amide bonds. The van der Waals surface area contributed by atoms with Crippen LogP contribution in [0.3, 0.4) is 0 Å². The van der Waals surface area contributed by atoms with E-state index in [4.69, 9.17) is 4.98 Å². The molecule has 1 N–H and O–H groups in total. The van der Waals surface area contributed by atoms with Crippen molar-refractivity contribution in [1.29, 1.82) is 0 Å². The van der Waals surface area contributed by atoms with Gasteiger partial charge < -0.3 is 5.32 Å². The van der Waals surface area contributed by atoms with Crippen LogP contribution in [-0.2, 0) is 0 Å². The number of aromatic nitrogens is 1. The van der Waals surface area contributed by atoms with Crippen molar-refractivity contribution < 1.29 is 4.79 Å². The van der Waals surface area contributed by atoms with E-state index in [9.17, 15) is 4.79 Å². The lowest BCUT2D eigenvalue weighted by atomic mass is 10.1. The van der Waals surface area contributed by atoms with Gasteiger partial charge in [0.15, 0.2) is 4.34 Å². The minimum absolute atomic E-state index is 0.0966. The van der Waals surface area contributed by atoms with Crippen LogP contribution in [-0.4, -0.2) is 16.6 Å². The average molecular weight is 369 g/mol. The molecule has 0 aliphatic rings. The Hall–Kier alpha value is -2.11. The monoisotopic (exact) mass is 368 g/mol. The number of rotatable bonds is 5. The van der Waals surface area contributed by atoms with Crippen molar-refractivity contribution in [2.24, 2.45) is 0 Å². The van der Waals surface area contributed by atoms with E-state index in [-0.39, 0.29) is 5.91 Å². The summed E-state index contributed by atoms with van der Waals surface area (Å²) in [5.74, 6) is 0.854. The predicted molar refractivity (Wildman–Crippen MR) is 108 cm³/mol. The highest BCUT2D eigenvalue weighted by molar-refractivity contribution is 8.01. The minimum atomic E-state index is -0.0966. The molecule has 0 aliphatic heterocycles. The lowest BCUT2D eigenvalue weighted by Crippen LogP contribution is -2.12. The van der Waals surface area contributed by atoms with E-state index in [2.05, 4.69) is 18.3 Å². The number of hydrogen-bond acceptors (Lipinski definition) is 4. The Labute approximate surface area is 156 Å². The summed E-state index contributed by atoms with van der Waals surface area (Å²) < 4.78 is 0.970. The van der Waals surface area contributed by atoms with Crippen molar-refractivity contribution in [3.05, 3.63) is 65.2 Å². The summed E-state index contributed by atoms with van der Waals surface area (Å²) in [5, 5.41) is 3.86. The van der Waals surface area contributed by atoms with E-state index in [1.54, 1.807) is 11.8 Å². The number of carbonyl (C=O) groups excluding carboxylic acids is 1. The van der Waals surface area contributed by atoms with Crippen molar-refractivity contribution in [1.82, 2.24) is 4.98 Å². The summed E-state index contributed by atoms with van der Waals surface area (Å²) in [5.41, 5.74) is 4.69. The average Bonchev–Trinajstić information content (AvgIpc) is 2.97. The molecule has 0 spiro atoms. The Balaban J connectivity index is 1.94. The minimum Gasteiger partial charge on any atom is -0.312 e. The van der Waals surface area contributed by atoms with Gasteiger partial charge in [0.1, 0.15) is 10.7 Å². The Morgan fingerprint density at radius 1 is 1.12 bits per heavy atom. The molecule has 0 bridgehead atoms. The first-order valence-corrected chi connectivity index (χ1v) is 9.95. The summed E-state index contributed by atoms with van der Waals surface area (Å²) in [6.45, 7) is 6.10. The van der Waals surface area contributed by atoms with Gasteiger partial charge in [-0.3, -0.25) is 4.79 Å². The van der Waals surface area contributed by atoms with E-state index < -0.39 is 0 Å². The second-order valence-electron chi connectivity index (χ2n) is 5.79. The van der Waals surface area contributed by atoms with Crippen LogP contribution in [0.4, 0.5) is 5.00 Å². The molecule has 1 heterocycles. The first-order chi connectivity index (χ1) is 12.1. The van der Waals surface area contributed by atoms with Crippen LogP contribution in [0.2, 0.25) is 0 Å². The molecule has 0 saturated carbocycles. The molecule has 0 unspecified atom stereocenters. The molecule has 0 atom stereocenters. The van der Waals surface area contributed by atoms with Crippen LogP contribution in [0.1, 0.15) is 28.4 Å². The van der Waals surface area contributed by atoms with Crippen molar-refractivity contribution in [2.75, 3.05) is 11.1 Å². The van der Waals surface area contributed by atoms with Gasteiger partial charge in [-0.15, -0.1) is 0 Å². The van der Waals surface area contributed by atoms with Gasteiger partial charge in [-0.25, -0.2) is 4.98 Å². The number of amides is 1. The summed E-state index contributed by atoms with van der Waals surface area (Å²) in [6.07, 6.45) is 0. The summed E-state index contributed by atoms with van der Waals surface area (Å²) in [4.78, 5) is 17.4. The molecule has 0 saturated heterocycles. The van der Waals surface area contributed by atoms with Crippen LogP contribution >= 0.6 is 23.1 Å². The Bertz CT molecular complexity index is 868. The zero-order valence-corrected chi connectivity index (χ0v) is 16.1. The number of aryl methyl sites for hydroxylation is 2. The molecule has 3 nitrogen and oxygen atoms in total. The van der Waals surface area contributed by atoms with Gasteiger partial charge in [-0.05, 0) is 31.7 Å². The van der Waals surface area contributed by atoms with E-state index in [0.29, 0.717) is 5.56 Å². The van der Waals surface area contributed by atoms with Crippen LogP contribution in [0.15, 0.2) is 52.9 Å². The zero-order valence-electron chi connectivity index (χ0n) is 14.5. The van der Waals surface area contributed by atoms with Gasteiger partial charge in [0, 0.05) is 11.1 Å². The highest BCUT2D eigenvalue weighted by Crippen LogP contribution is 2.37. The van der Waals surface area contributed by atoms with Gasteiger partial charge in [0.2, 0.25) is 0 Å². The number of hydrogen-bond donors (Lipinski definition) is 1. The van der Waals surface area contributed by atoms with E-state index >= 15 is 0 Å². The summed E-state index contributed by atoms with van der Waals surface area (Å²) >= 11 is 3.22. The second kappa shape index (κ2) is 7.85. The number of benzene rings is 2. The van der Waals surface area contributed by atoms with Crippen molar-refractivity contribution in [3.8, 4) is 11.3 Å². The maximum atomic E-state index is 12.7. The fourth-order valence-electron chi connectivity index (χ4n) is 2.64. The molecule has 128 valence electrons. The van der Waals surface area contributed by atoms with Crippen molar-refractivity contribution >= 4 is 34.0 Å². The smallest absolute Gasteiger partial charge is 0.256 e. The molecule has 0 fully saturated rings. The molecule has 2 aromatic carbocycles. The van der Waals surface area contributed by atoms with Crippen molar-refractivity contribution in [3.63, 3.8) is 0 Å². The van der Waals surface area contributed by atoms with Gasteiger partial charge in [0.25, 0.3) is 5.91 Å². The van der Waals surface area contributed by atoms with Gasteiger partial charge in [0.05, 0.1) is 0 Å².